The van der Waals surface area contributed by atoms with Gasteiger partial charge in [-0.1, -0.05) is 41.9 Å². The molecule has 0 radical (unpaired) electrons. The summed E-state index contributed by atoms with van der Waals surface area (Å²) in [6, 6.07) is 13.3. The lowest BCUT2D eigenvalue weighted by Gasteiger charge is -2.35. The summed E-state index contributed by atoms with van der Waals surface area (Å²) < 4.78 is 18.9. The smallest absolute Gasteiger partial charge is 0.322 e. The third kappa shape index (κ3) is 3.70. The zero-order valence-electron chi connectivity index (χ0n) is 17.1. The predicted octanol–water partition coefficient (Wildman–Crippen LogP) is 5.09. The number of urea groups is 1. The Morgan fingerprint density at radius 2 is 1.80 bits per heavy atom. The molecule has 0 saturated heterocycles. The highest BCUT2D eigenvalue weighted by Gasteiger charge is 2.35. The number of carbonyl (C=O) groups is 1. The van der Waals surface area contributed by atoms with Crippen molar-refractivity contribution in [3.63, 3.8) is 0 Å². The number of hydrogen-bond acceptors (Lipinski definition) is 4. The van der Waals surface area contributed by atoms with Crippen LogP contribution in [0.5, 0.6) is 0 Å². The monoisotopic (exact) mass is 406 g/mol. The maximum absolute atomic E-state index is 13.3. The second-order valence-corrected chi connectivity index (χ2v) is 7.37. The van der Waals surface area contributed by atoms with Crippen LogP contribution in [-0.4, -0.2) is 27.6 Å². The molecule has 0 fully saturated rings. The second-order valence-electron chi connectivity index (χ2n) is 7.37. The van der Waals surface area contributed by atoms with Crippen LogP contribution in [0.1, 0.15) is 43.3 Å². The van der Waals surface area contributed by atoms with Crippen LogP contribution in [0.25, 0.3) is 17.0 Å². The molecule has 2 amide bonds. The zero-order valence-corrected chi connectivity index (χ0v) is 17.1. The van der Waals surface area contributed by atoms with E-state index in [1.807, 2.05) is 45.0 Å². The molecule has 0 saturated carbocycles. The first-order valence-electron chi connectivity index (χ1n) is 9.93. The Morgan fingerprint density at radius 3 is 2.47 bits per heavy atom. The second kappa shape index (κ2) is 8.10. The van der Waals surface area contributed by atoms with E-state index in [1.165, 1.54) is 12.1 Å². The van der Waals surface area contributed by atoms with E-state index >= 15 is 0 Å². The maximum atomic E-state index is 13.3. The number of allylic oxidation sites excluding steroid dienone is 1. The van der Waals surface area contributed by atoms with Crippen LogP contribution in [0.2, 0.25) is 0 Å². The molecule has 1 aliphatic heterocycles. The van der Waals surface area contributed by atoms with Crippen LogP contribution in [0.3, 0.4) is 0 Å². The number of nitrogens with zero attached hydrogens (tertiary/aromatic N) is 3. The minimum absolute atomic E-state index is 0.151. The van der Waals surface area contributed by atoms with Gasteiger partial charge in [-0.3, -0.25) is 4.90 Å². The van der Waals surface area contributed by atoms with Crippen LogP contribution >= 0.6 is 0 Å². The van der Waals surface area contributed by atoms with Crippen molar-refractivity contribution in [2.75, 3.05) is 6.54 Å². The van der Waals surface area contributed by atoms with E-state index in [0.29, 0.717) is 23.8 Å². The first kappa shape index (κ1) is 19.8. The number of amides is 2. The SMILES string of the molecule is CCCN1C(=O)NC(c2ccc(C)cc2)C(c2nc(-c3ccc(F)cc3)no2)=C1C. The molecule has 154 valence electrons. The molecule has 3 aromatic rings. The van der Waals surface area contributed by atoms with E-state index in [0.717, 1.165) is 28.8 Å². The van der Waals surface area contributed by atoms with Gasteiger partial charge < -0.3 is 9.84 Å². The molecule has 4 rings (SSSR count). The highest BCUT2D eigenvalue weighted by molar-refractivity contribution is 5.86. The summed E-state index contributed by atoms with van der Waals surface area (Å²) in [6.07, 6.45) is 0.817. The Kier molecular flexibility index (Phi) is 5.35. The third-order valence-corrected chi connectivity index (χ3v) is 5.21. The first-order valence-corrected chi connectivity index (χ1v) is 9.93. The highest BCUT2D eigenvalue weighted by atomic mass is 19.1. The standard InChI is InChI=1S/C23H23FN4O2/c1-4-13-28-15(3)19(20(25-23(28)29)16-7-5-14(2)6-8-16)22-26-21(27-30-22)17-9-11-18(24)12-10-17/h5-12,20H,4,13H2,1-3H3,(H,25,29). The Labute approximate surface area is 174 Å². The van der Waals surface area contributed by atoms with Crippen molar-refractivity contribution in [1.82, 2.24) is 20.4 Å². The Balaban J connectivity index is 1.80. The molecular formula is C23H23FN4O2. The Hall–Kier alpha value is -3.48. The molecular weight excluding hydrogens is 383 g/mol. The van der Waals surface area contributed by atoms with Gasteiger partial charge in [-0.05, 0) is 50.1 Å². The summed E-state index contributed by atoms with van der Waals surface area (Å²) >= 11 is 0. The van der Waals surface area contributed by atoms with Crippen LogP contribution in [0.4, 0.5) is 9.18 Å². The predicted molar refractivity (Wildman–Crippen MR) is 112 cm³/mol. The van der Waals surface area contributed by atoms with E-state index in [2.05, 4.69) is 15.5 Å². The summed E-state index contributed by atoms with van der Waals surface area (Å²) in [7, 11) is 0. The van der Waals surface area contributed by atoms with Crippen molar-refractivity contribution < 1.29 is 13.7 Å². The van der Waals surface area contributed by atoms with E-state index in [9.17, 15) is 9.18 Å². The maximum Gasteiger partial charge on any atom is 0.322 e. The van der Waals surface area contributed by atoms with E-state index in [-0.39, 0.29) is 11.8 Å². The van der Waals surface area contributed by atoms with E-state index in [4.69, 9.17) is 4.52 Å². The third-order valence-electron chi connectivity index (χ3n) is 5.21. The van der Waals surface area contributed by atoms with Crippen LogP contribution < -0.4 is 5.32 Å². The van der Waals surface area contributed by atoms with Gasteiger partial charge in [0.1, 0.15) is 5.82 Å². The molecule has 7 heteroatoms. The lowest BCUT2D eigenvalue weighted by molar-refractivity contribution is 0.205. The van der Waals surface area contributed by atoms with Gasteiger partial charge in [0.05, 0.1) is 11.6 Å². The van der Waals surface area contributed by atoms with Gasteiger partial charge in [-0.2, -0.15) is 4.98 Å². The van der Waals surface area contributed by atoms with Crippen molar-refractivity contribution in [3.05, 3.63) is 77.1 Å². The molecule has 2 aromatic carbocycles. The number of carbonyl (C=O) groups excluding carboxylic acids is 1. The molecule has 1 aromatic heterocycles. The number of hydrogen-bond donors (Lipinski definition) is 1. The number of aryl methyl sites for hydroxylation is 1. The van der Waals surface area contributed by atoms with Crippen molar-refractivity contribution in [3.8, 4) is 11.4 Å². The van der Waals surface area contributed by atoms with Gasteiger partial charge in [-0.25, -0.2) is 9.18 Å². The fourth-order valence-electron chi connectivity index (χ4n) is 3.61. The topological polar surface area (TPSA) is 71.3 Å². The number of benzene rings is 2. The average Bonchev–Trinajstić information content (AvgIpc) is 3.21. The normalized spacial score (nSPS) is 16.7. The molecule has 1 atom stereocenters. The van der Waals surface area contributed by atoms with E-state index in [1.54, 1.807) is 17.0 Å². The Bertz CT molecular complexity index is 1090. The molecule has 0 bridgehead atoms. The van der Waals surface area contributed by atoms with Crippen molar-refractivity contribution in [2.45, 2.75) is 33.2 Å². The van der Waals surface area contributed by atoms with Crippen LogP contribution in [0.15, 0.2) is 58.8 Å². The molecule has 0 aliphatic carbocycles. The van der Waals surface area contributed by atoms with E-state index < -0.39 is 6.04 Å². The molecule has 0 spiro atoms. The minimum atomic E-state index is -0.410. The fourth-order valence-corrected chi connectivity index (χ4v) is 3.61. The number of halogens is 1. The first-order chi connectivity index (χ1) is 14.5. The molecule has 1 unspecified atom stereocenters. The van der Waals surface area contributed by atoms with Crippen LogP contribution in [-0.2, 0) is 0 Å². The highest BCUT2D eigenvalue weighted by Crippen LogP contribution is 2.37. The van der Waals surface area contributed by atoms with Crippen molar-refractivity contribution >= 4 is 11.6 Å². The fraction of sp³-hybridized carbons (Fsp3) is 0.261. The van der Waals surface area contributed by atoms with Crippen molar-refractivity contribution in [2.24, 2.45) is 0 Å². The van der Waals surface area contributed by atoms with Gasteiger partial charge in [0.15, 0.2) is 0 Å². The molecule has 1 aliphatic rings. The van der Waals surface area contributed by atoms with Crippen LogP contribution in [0, 0.1) is 12.7 Å². The van der Waals surface area contributed by atoms with Gasteiger partial charge in [0.2, 0.25) is 5.82 Å². The zero-order chi connectivity index (χ0) is 21.3. The largest absolute Gasteiger partial charge is 0.334 e. The summed E-state index contributed by atoms with van der Waals surface area (Å²) in [5.74, 6) is 0.371. The summed E-state index contributed by atoms with van der Waals surface area (Å²) in [6.45, 7) is 6.51. The summed E-state index contributed by atoms with van der Waals surface area (Å²) in [5.41, 5.74) is 4.25. The average molecular weight is 406 g/mol. The molecule has 2 heterocycles. The van der Waals surface area contributed by atoms with Gasteiger partial charge in [0, 0.05) is 17.8 Å². The summed E-state index contributed by atoms with van der Waals surface area (Å²) in [4.78, 5) is 19.0. The molecule has 30 heavy (non-hydrogen) atoms. The Morgan fingerprint density at radius 1 is 1.10 bits per heavy atom. The lowest BCUT2D eigenvalue weighted by Crippen LogP contribution is -2.46. The quantitative estimate of drug-likeness (QED) is 0.641. The van der Waals surface area contributed by atoms with Gasteiger partial charge in [-0.15, -0.1) is 0 Å². The lowest BCUT2D eigenvalue weighted by atomic mass is 9.94. The summed E-state index contributed by atoms with van der Waals surface area (Å²) in [5, 5.41) is 7.16. The molecule has 6 nitrogen and oxygen atoms in total. The number of nitrogens with one attached hydrogen (secondary N) is 1. The number of aromatic nitrogens is 2. The number of rotatable bonds is 5. The van der Waals surface area contributed by atoms with Gasteiger partial charge >= 0.3 is 6.03 Å². The van der Waals surface area contributed by atoms with Gasteiger partial charge in [0.25, 0.3) is 5.89 Å². The van der Waals surface area contributed by atoms with Crippen molar-refractivity contribution in [1.29, 1.82) is 0 Å². The minimum Gasteiger partial charge on any atom is -0.334 e. The molecule has 1 N–H and O–H groups in total.